The second kappa shape index (κ2) is 5.83. The van der Waals surface area contributed by atoms with E-state index in [1.165, 1.54) is 6.07 Å². The number of aromatic nitrogens is 2. The molecule has 1 heterocycles. The fourth-order valence-corrected chi connectivity index (χ4v) is 2.25. The first kappa shape index (κ1) is 14.2. The summed E-state index contributed by atoms with van der Waals surface area (Å²) < 4.78 is 1.92. The third-order valence-corrected chi connectivity index (χ3v) is 3.11. The fourth-order valence-electron chi connectivity index (χ4n) is 1.97. The number of nitrogens with two attached hydrogens (primary N) is 2. The average Bonchev–Trinajstić information content (AvgIpc) is 2.84. The zero-order valence-electron chi connectivity index (χ0n) is 11.0. The lowest BCUT2D eigenvalue weighted by Crippen LogP contribution is -2.24. The number of nitrogens with zero attached hydrogens (tertiary/aromatic N) is 2. The van der Waals surface area contributed by atoms with Gasteiger partial charge in [-0.25, -0.2) is 4.98 Å². The van der Waals surface area contributed by atoms with Crippen LogP contribution in [-0.4, -0.2) is 21.5 Å². The third-order valence-electron chi connectivity index (χ3n) is 2.81. The first-order valence-electron chi connectivity index (χ1n) is 6.08. The van der Waals surface area contributed by atoms with E-state index in [1.54, 1.807) is 18.6 Å². The van der Waals surface area contributed by atoms with Gasteiger partial charge in [-0.15, -0.1) is 0 Å². The number of halogens is 1. The average molecular weight is 294 g/mol. The molecule has 0 spiro atoms. The Kier molecular flexibility index (Phi) is 4.14. The SMILES string of the molecule is CC(Cn1ccnc1)Nc1c(Cl)cc(N)cc1C(N)=O. The van der Waals surface area contributed by atoms with E-state index in [1.807, 2.05) is 17.7 Å². The summed E-state index contributed by atoms with van der Waals surface area (Å²) in [6, 6.07) is 3.13. The van der Waals surface area contributed by atoms with Crippen molar-refractivity contribution in [3.05, 3.63) is 41.4 Å². The predicted molar refractivity (Wildman–Crippen MR) is 79.7 cm³/mol. The maximum atomic E-state index is 11.5. The summed E-state index contributed by atoms with van der Waals surface area (Å²) in [5.41, 5.74) is 12.2. The van der Waals surface area contributed by atoms with Gasteiger partial charge in [0.1, 0.15) is 0 Å². The number of nitrogens with one attached hydrogen (secondary N) is 1. The molecule has 1 amide bonds. The van der Waals surface area contributed by atoms with Gasteiger partial charge in [-0.1, -0.05) is 11.6 Å². The molecule has 0 aliphatic carbocycles. The van der Waals surface area contributed by atoms with E-state index in [0.29, 0.717) is 22.9 Å². The first-order valence-corrected chi connectivity index (χ1v) is 6.46. The van der Waals surface area contributed by atoms with E-state index in [0.717, 1.165) is 0 Å². The van der Waals surface area contributed by atoms with Crippen LogP contribution in [0.25, 0.3) is 0 Å². The van der Waals surface area contributed by atoms with Crippen LogP contribution in [0.4, 0.5) is 11.4 Å². The van der Waals surface area contributed by atoms with Gasteiger partial charge in [0.15, 0.2) is 0 Å². The van der Waals surface area contributed by atoms with Crippen molar-refractivity contribution in [1.82, 2.24) is 9.55 Å². The summed E-state index contributed by atoms with van der Waals surface area (Å²) in [6.45, 7) is 2.65. The molecule has 0 saturated heterocycles. The monoisotopic (exact) mass is 293 g/mol. The van der Waals surface area contributed by atoms with Gasteiger partial charge in [0.05, 0.1) is 22.6 Å². The summed E-state index contributed by atoms with van der Waals surface area (Å²) in [4.78, 5) is 15.5. The van der Waals surface area contributed by atoms with Crippen molar-refractivity contribution in [2.45, 2.75) is 19.5 Å². The molecular weight excluding hydrogens is 278 g/mol. The molecule has 0 saturated carbocycles. The Morgan fingerprint density at radius 1 is 1.55 bits per heavy atom. The molecular formula is C13H16ClN5O. The van der Waals surface area contributed by atoms with E-state index in [4.69, 9.17) is 23.1 Å². The summed E-state index contributed by atoms with van der Waals surface area (Å²) >= 11 is 6.14. The Hall–Kier alpha value is -2.21. The summed E-state index contributed by atoms with van der Waals surface area (Å²) in [7, 11) is 0. The number of amides is 1. The molecule has 2 aromatic rings. The van der Waals surface area contributed by atoms with Crippen LogP contribution in [0.5, 0.6) is 0 Å². The molecule has 0 radical (unpaired) electrons. The number of hydrogen-bond donors (Lipinski definition) is 3. The van der Waals surface area contributed by atoms with Gasteiger partial charge < -0.3 is 21.4 Å². The Balaban J connectivity index is 2.22. The third kappa shape index (κ3) is 3.21. The maximum absolute atomic E-state index is 11.5. The molecule has 1 unspecified atom stereocenters. The lowest BCUT2D eigenvalue weighted by Gasteiger charge is -2.19. The molecule has 0 fully saturated rings. The Morgan fingerprint density at radius 3 is 2.90 bits per heavy atom. The van der Waals surface area contributed by atoms with Crippen LogP contribution in [0.15, 0.2) is 30.9 Å². The molecule has 7 heteroatoms. The zero-order chi connectivity index (χ0) is 14.7. The van der Waals surface area contributed by atoms with Crippen molar-refractivity contribution in [3.8, 4) is 0 Å². The van der Waals surface area contributed by atoms with E-state index < -0.39 is 5.91 Å². The number of nitrogen functional groups attached to an aromatic ring is 1. The molecule has 0 bridgehead atoms. The highest BCUT2D eigenvalue weighted by Crippen LogP contribution is 2.29. The second-order valence-corrected chi connectivity index (χ2v) is 5.00. The lowest BCUT2D eigenvalue weighted by molar-refractivity contribution is 0.100. The minimum absolute atomic E-state index is 0.0309. The van der Waals surface area contributed by atoms with Crippen molar-refractivity contribution >= 4 is 28.9 Å². The Bertz CT molecular complexity index is 611. The van der Waals surface area contributed by atoms with Crippen LogP contribution < -0.4 is 16.8 Å². The van der Waals surface area contributed by atoms with Gasteiger partial charge in [-0.05, 0) is 19.1 Å². The van der Waals surface area contributed by atoms with E-state index in [2.05, 4.69) is 10.3 Å². The number of imidazole rings is 1. The molecule has 5 N–H and O–H groups in total. The zero-order valence-corrected chi connectivity index (χ0v) is 11.8. The standard InChI is InChI=1S/C13H16ClN5O/c1-8(6-19-3-2-17-7-19)18-12-10(13(16)20)4-9(15)5-11(12)14/h2-5,7-8,18H,6,15H2,1H3,(H2,16,20). The topological polar surface area (TPSA) is 99.0 Å². The molecule has 0 aliphatic rings. The highest BCUT2D eigenvalue weighted by Gasteiger charge is 2.15. The van der Waals surface area contributed by atoms with Crippen molar-refractivity contribution in [2.75, 3.05) is 11.1 Å². The number of carbonyl (C=O) groups is 1. The Labute approximate surface area is 121 Å². The Morgan fingerprint density at radius 2 is 2.30 bits per heavy atom. The molecule has 1 aromatic heterocycles. The summed E-state index contributed by atoms with van der Waals surface area (Å²) in [5.74, 6) is -0.573. The van der Waals surface area contributed by atoms with Gasteiger partial charge in [0, 0.05) is 30.7 Å². The smallest absolute Gasteiger partial charge is 0.250 e. The van der Waals surface area contributed by atoms with Crippen LogP contribution in [0.2, 0.25) is 5.02 Å². The summed E-state index contributed by atoms with van der Waals surface area (Å²) in [5, 5.41) is 3.56. The number of rotatable bonds is 5. The minimum atomic E-state index is -0.573. The highest BCUT2D eigenvalue weighted by atomic mass is 35.5. The number of primary amides is 1. The fraction of sp³-hybridized carbons (Fsp3) is 0.231. The van der Waals surface area contributed by atoms with E-state index in [-0.39, 0.29) is 11.6 Å². The number of benzene rings is 1. The maximum Gasteiger partial charge on any atom is 0.250 e. The molecule has 106 valence electrons. The van der Waals surface area contributed by atoms with Gasteiger partial charge in [0.25, 0.3) is 5.91 Å². The van der Waals surface area contributed by atoms with Gasteiger partial charge >= 0.3 is 0 Å². The van der Waals surface area contributed by atoms with Crippen molar-refractivity contribution in [2.24, 2.45) is 5.73 Å². The highest BCUT2D eigenvalue weighted by molar-refractivity contribution is 6.34. The molecule has 0 aliphatic heterocycles. The van der Waals surface area contributed by atoms with Crippen LogP contribution in [0, 0.1) is 0 Å². The minimum Gasteiger partial charge on any atom is -0.399 e. The van der Waals surface area contributed by atoms with E-state index >= 15 is 0 Å². The normalized spacial score (nSPS) is 12.1. The predicted octanol–water partition coefficient (Wildman–Crippen LogP) is 1.72. The van der Waals surface area contributed by atoms with Gasteiger partial charge in [-0.2, -0.15) is 0 Å². The lowest BCUT2D eigenvalue weighted by atomic mass is 10.1. The van der Waals surface area contributed by atoms with Crippen molar-refractivity contribution < 1.29 is 4.79 Å². The second-order valence-electron chi connectivity index (χ2n) is 4.59. The first-order chi connectivity index (χ1) is 9.47. The summed E-state index contributed by atoms with van der Waals surface area (Å²) in [6.07, 6.45) is 5.29. The molecule has 2 rings (SSSR count). The van der Waals surface area contributed by atoms with Gasteiger partial charge in [0.2, 0.25) is 0 Å². The molecule has 1 aromatic carbocycles. The number of hydrogen-bond acceptors (Lipinski definition) is 4. The largest absolute Gasteiger partial charge is 0.399 e. The van der Waals surface area contributed by atoms with E-state index in [9.17, 15) is 4.79 Å². The van der Waals surface area contributed by atoms with Crippen LogP contribution in [0.1, 0.15) is 17.3 Å². The van der Waals surface area contributed by atoms with Crippen molar-refractivity contribution in [3.63, 3.8) is 0 Å². The van der Waals surface area contributed by atoms with Crippen LogP contribution in [-0.2, 0) is 6.54 Å². The molecule has 1 atom stereocenters. The quantitative estimate of drug-likeness (QED) is 0.731. The van der Waals surface area contributed by atoms with Crippen LogP contribution >= 0.6 is 11.6 Å². The van der Waals surface area contributed by atoms with Crippen molar-refractivity contribution in [1.29, 1.82) is 0 Å². The van der Waals surface area contributed by atoms with Gasteiger partial charge in [-0.3, -0.25) is 4.79 Å². The molecule has 6 nitrogen and oxygen atoms in total. The number of carbonyl (C=O) groups excluding carboxylic acids is 1. The van der Waals surface area contributed by atoms with Crippen LogP contribution in [0.3, 0.4) is 0 Å². The number of anilines is 2. The molecule has 20 heavy (non-hydrogen) atoms.